The molecule has 0 N–H and O–H groups in total. The van der Waals surface area contributed by atoms with E-state index in [0.717, 1.165) is 22.0 Å². The molecule has 10 rings (SSSR count). The molecule has 0 amide bonds. The maximum absolute atomic E-state index is 5.78. The van der Waals surface area contributed by atoms with E-state index in [4.69, 9.17) is 4.98 Å². The molecule has 2 aliphatic heterocycles. The van der Waals surface area contributed by atoms with Gasteiger partial charge in [0.1, 0.15) is 5.00 Å². The van der Waals surface area contributed by atoms with Crippen LogP contribution in [0.2, 0.25) is 0 Å². The van der Waals surface area contributed by atoms with Gasteiger partial charge in [-0.15, -0.1) is 11.3 Å². The number of fused-ring (bicyclic) bond motifs is 4. The average Bonchev–Trinajstić information content (AvgIpc) is 3.76. The summed E-state index contributed by atoms with van der Waals surface area (Å²) in [7, 11) is 0. The lowest BCUT2D eigenvalue weighted by Gasteiger charge is -2.45. The second-order valence-corrected chi connectivity index (χ2v) is 23.9. The number of anilines is 6. The van der Waals surface area contributed by atoms with Gasteiger partial charge in [0.15, 0.2) is 0 Å². The normalized spacial score (nSPS) is 13.9. The molecule has 3 heterocycles. The van der Waals surface area contributed by atoms with E-state index in [1.54, 1.807) is 0 Å². The first-order valence-electron chi connectivity index (χ1n) is 24.1. The Morgan fingerprint density at radius 3 is 1.24 bits per heavy atom. The Labute approximate surface area is 404 Å². The van der Waals surface area contributed by atoms with E-state index in [2.05, 4.69) is 263 Å². The molecule has 5 heteroatoms. The van der Waals surface area contributed by atoms with Crippen LogP contribution in [0.15, 0.2) is 170 Å². The number of hydrogen-bond acceptors (Lipinski definition) is 4. The third-order valence-electron chi connectivity index (χ3n) is 14.1. The topological polar surface area (TPSA) is 19.4 Å². The molecule has 0 spiro atoms. The Hall–Kier alpha value is -6.17. The molecule has 0 saturated carbocycles. The number of aromatic nitrogens is 1. The number of rotatable bonds is 6. The van der Waals surface area contributed by atoms with Crippen LogP contribution in [0.5, 0.6) is 0 Å². The molecule has 7 aromatic carbocycles. The van der Waals surface area contributed by atoms with Gasteiger partial charge >= 0.3 is 0 Å². The van der Waals surface area contributed by atoms with Gasteiger partial charge < -0.3 is 9.80 Å². The van der Waals surface area contributed by atoms with Crippen LogP contribution in [0.25, 0.3) is 0 Å². The predicted molar refractivity (Wildman–Crippen MR) is 289 cm³/mol. The van der Waals surface area contributed by atoms with Gasteiger partial charge in [0.25, 0.3) is 6.71 Å². The van der Waals surface area contributed by atoms with Crippen LogP contribution in [-0.4, -0.2) is 11.7 Å². The zero-order valence-electron chi connectivity index (χ0n) is 41.5. The molecule has 0 aliphatic carbocycles. The summed E-state index contributed by atoms with van der Waals surface area (Å²) < 4.78 is 0. The minimum Gasteiger partial charge on any atom is -0.311 e. The van der Waals surface area contributed by atoms with Crippen molar-refractivity contribution >= 4 is 68.0 Å². The first-order valence-corrected chi connectivity index (χ1v) is 24.9. The molecule has 0 saturated heterocycles. The van der Waals surface area contributed by atoms with Gasteiger partial charge in [0, 0.05) is 33.9 Å². The van der Waals surface area contributed by atoms with E-state index < -0.39 is 5.41 Å². The number of thiazole rings is 1. The Morgan fingerprint density at radius 1 is 0.388 bits per heavy atom. The highest BCUT2D eigenvalue weighted by molar-refractivity contribution is 7.19. The molecular weight excluding hydrogens is 830 g/mol. The van der Waals surface area contributed by atoms with Crippen LogP contribution in [0.1, 0.15) is 127 Å². The average molecular weight is 894 g/mol. The van der Waals surface area contributed by atoms with Crippen molar-refractivity contribution in [3.8, 4) is 0 Å². The monoisotopic (exact) mass is 893 g/mol. The van der Waals surface area contributed by atoms with Crippen LogP contribution in [0, 0.1) is 0 Å². The van der Waals surface area contributed by atoms with Crippen LogP contribution in [0.4, 0.5) is 33.4 Å². The lowest BCUT2D eigenvalue weighted by atomic mass is 9.35. The first kappa shape index (κ1) is 44.7. The van der Waals surface area contributed by atoms with Gasteiger partial charge in [-0.2, -0.15) is 0 Å². The summed E-state index contributed by atoms with van der Waals surface area (Å²) in [5, 5.41) is 2.33. The fourth-order valence-electron chi connectivity index (χ4n) is 10.5. The minimum atomic E-state index is -0.685. The largest absolute Gasteiger partial charge is 0.311 e. The molecule has 8 aromatic rings. The van der Waals surface area contributed by atoms with Gasteiger partial charge in [-0.1, -0.05) is 210 Å². The summed E-state index contributed by atoms with van der Waals surface area (Å²) in [4.78, 5) is 10.9. The fourth-order valence-corrected chi connectivity index (χ4v) is 11.6. The standard InChI is InChI=1S/C62H64BN3S/c1-58(2,3)41-28-33-48(34-29-41)65-51-37-32-46(60(7,8)9)38-50(51)63-54-52(65)39-47(62(43-22-16-13-17-23-43,44-24-18-14-19-25-44)45-26-20-15-21-27-45)40-53(54)66(49-35-30-42(31-36-49)59(4,5)6)56-55(63)64-57(67-56)61(10,11)12/h13-40H,1-12H3. The van der Waals surface area contributed by atoms with E-state index in [1.165, 1.54) is 71.9 Å². The summed E-state index contributed by atoms with van der Waals surface area (Å²) in [6, 6.07) is 64.6. The van der Waals surface area contributed by atoms with Crippen molar-refractivity contribution in [3.05, 3.63) is 214 Å². The molecule has 0 radical (unpaired) electrons. The van der Waals surface area contributed by atoms with Crippen LogP contribution < -0.4 is 26.3 Å². The third-order valence-corrected chi connectivity index (χ3v) is 15.6. The van der Waals surface area contributed by atoms with E-state index in [1.807, 2.05) is 11.3 Å². The molecule has 336 valence electrons. The molecule has 0 atom stereocenters. The minimum absolute atomic E-state index is 0.0117. The van der Waals surface area contributed by atoms with Crippen molar-refractivity contribution in [1.82, 2.24) is 4.98 Å². The van der Waals surface area contributed by atoms with E-state index in [0.29, 0.717) is 0 Å². The Kier molecular flexibility index (Phi) is 10.7. The second kappa shape index (κ2) is 16.0. The van der Waals surface area contributed by atoms with Crippen molar-refractivity contribution in [2.24, 2.45) is 0 Å². The summed E-state index contributed by atoms with van der Waals surface area (Å²) in [6.45, 7) is 27.6. The molecule has 0 unspecified atom stereocenters. The molecule has 67 heavy (non-hydrogen) atoms. The van der Waals surface area contributed by atoms with Crippen molar-refractivity contribution in [3.63, 3.8) is 0 Å². The van der Waals surface area contributed by atoms with Crippen LogP contribution >= 0.6 is 11.3 Å². The van der Waals surface area contributed by atoms with Gasteiger partial charge in [0.05, 0.1) is 16.0 Å². The number of hydrogen-bond donors (Lipinski definition) is 0. The summed E-state index contributed by atoms with van der Waals surface area (Å²) >= 11 is 1.86. The smallest absolute Gasteiger partial charge is 0.276 e. The molecule has 0 fully saturated rings. The van der Waals surface area contributed by atoms with Gasteiger partial charge in [-0.25, -0.2) is 0 Å². The lowest BCUT2D eigenvalue weighted by molar-refractivity contribution is 0.586. The summed E-state index contributed by atoms with van der Waals surface area (Å²) in [6.07, 6.45) is 0. The highest BCUT2D eigenvalue weighted by Gasteiger charge is 2.49. The first-order chi connectivity index (χ1) is 31.8. The van der Waals surface area contributed by atoms with Gasteiger partial charge in [-0.3, -0.25) is 4.98 Å². The fraction of sp³-hybridized carbons (Fsp3) is 0.274. The zero-order valence-corrected chi connectivity index (χ0v) is 42.3. The van der Waals surface area contributed by atoms with E-state index in [-0.39, 0.29) is 28.4 Å². The summed E-state index contributed by atoms with van der Waals surface area (Å²) in [5.74, 6) is 0. The summed E-state index contributed by atoms with van der Waals surface area (Å²) in [5.41, 5.74) is 17.5. The molecule has 2 aliphatic rings. The quantitative estimate of drug-likeness (QED) is 0.122. The van der Waals surface area contributed by atoms with Gasteiger partial charge in [-0.05, 0) is 109 Å². The Balaban J connectivity index is 1.40. The second-order valence-electron chi connectivity index (χ2n) is 23.0. The SMILES string of the molecule is CC(C)(C)c1ccc(N2c3ccc(C(C)(C)C)cc3B3c4nc(C(C)(C)C)sc4N(c4ccc(C(C)(C)C)cc4)c4cc(C(c5ccccc5)(c5ccccc5)c5ccccc5)cc2c43)cc1. The molecule has 3 nitrogen and oxygen atoms in total. The number of nitrogens with zero attached hydrogens (tertiary/aromatic N) is 3. The van der Waals surface area contributed by atoms with Crippen molar-refractivity contribution in [2.75, 3.05) is 9.80 Å². The predicted octanol–water partition coefficient (Wildman–Crippen LogP) is 14.8. The van der Waals surface area contributed by atoms with Crippen molar-refractivity contribution in [1.29, 1.82) is 0 Å². The third kappa shape index (κ3) is 7.55. The highest BCUT2D eigenvalue weighted by Crippen LogP contribution is 2.52. The zero-order chi connectivity index (χ0) is 47.3. The molecule has 1 aromatic heterocycles. The van der Waals surface area contributed by atoms with Gasteiger partial charge in [0.2, 0.25) is 0 Å². The van der Waals surface area contributed by atoms with Crippen molar-refractivity contribution in [2.45, 2.75) is 110 Å². The van der Waals surface area contributed by atoms with E-state index in [9.17, 15) is 0 Å². The molecular formula is C62H64BN3S. The lowest BCUT2D eigenvalue weighted by Crippen LogP contribution is -2.62. The maximum atomic E-state index is 5.78. The van der Waals surface area contributed by atoms with Crippen LogP contribution in [0.3, 0.4) is 0 Å². The maximum Gasteiger partial charge on any atom is 0.276 e. The van der Waals surface area contributed by atoms with Crippen LogP contribution in [-0.2, 0) is 27.1 Å². The Bertz CT molecular complexity index is 2990. The molecule has 0 bridgehead atoms. The van der Waals surface area contributed by atoms with E-state index >= 15 is 0 Å². The number of benzene rings is 7. The highest BCUT2D eigenvalue weighted by atomic mass is 32.1. The van der Waals surface area contributed by atoms with Crippen molar-refractivity contribution < 1.29 is 0 Å². The Morgan fingerprint density at radius 2 is 0.806 bits per heavy atom.